The minimum absolute atomic E-state index is 0.0483. The highest BCUT2D eigenvalue weighted by Gasteiger charge is 2.23. The highest BCUT2D eigenvalue weighted by molar-refractivity contribution is 7.99. The smallest absolute Gasteiger partial charge is 0.267 e. The first-order chi connectivity index (χ1) is 17.0. The van der Waals surface area contributed by atoms with Gasteiger partial charge in [-0.25, -0.2) is 10.4 Å². The number of phenolic OH excluding ortho intramolecular Hbond substituents is 1. The van der Waals surface area contributed by atoms with E-state index < -0.39 is 0 Å². The van der Waals surface area contributed by atoms with Gasteiger partial charge in [0.1, 0.15) is 10.6 Å². The summed E-state index contributed by atoms with van der Waals surface area (Å²) in [4.78, 5) is 33.1. The lowest BCUT2D eigenvalue weighted by Gasteiger charge is -2.13. The van der Waals surface area contributed by atoms with Crippen molar-refractivity contribution < 1.29 is 9.90 Å². The SMILES string of the molecule is C/C(=N\NC(=O)CSc1nc2sc3c(c2c(=O)n1-c1ccccc1)CCCC3)c1cccc(O)c1. The van der Waals surface area contributed by atoms with Gasteiger partial charge in [-0.2, -0.15) is 5.10 Å². The van der Waals surface area contributed by atoms with E-state index in [1.54, 1.807) is 47.1 Å². The lowest BCUT2D eigenvalue weighted by atomic mass is 9.97. The molecule has 35 heavy (non-hydrogen) atoms. The lowest BCUT2D eigenvalue weighted by molar-refractivity contribution is -0.118. The fourth-order valence-electron chi connectivity index (χ4n) is 4.19. The summed E-state index contributed by atoms with van der Waals surface area (Å²) in [5, 5.41) is 15.0. The molecule has 1 aliphatic rings. The summed E-state index contributed by atoms with van der Waals surface area (Å²) in [5.41, 5.74) is 5.63. The summed E-state index contributed by atoms with van der Waals surface area (Å²) < 4.78 is 1.61. The molecule has 0 saturated heterocycles. The van der Waals surface area contributed by atoms with E-state index in [1.807, 2.05) is 30.3 Å². The van der Waals surface area contributed by atoms with Crippen LogP contribution < -0.4 is 11.0 Å². The molecule has 0 saturated carbocycles. The minimum atomic E-state index is -0.311. The van der Waals surface area contributed by atoms with Crippen molar-refractivity contribution in [3.63, 3.8) is 0 Å². The van der Waals surface area contributed by atoms with Gasteiger partial charge in [-0.1, -0.05) is 42.1 Å². The van der Waals surface area contributed by atoms with Crippen molar-refractivity contribution in [3.8, 4) is 11.4 Å². The maximum absolute atomic E-state index is 13.7. The number of thioether (sulfide) groups is 1. The molecule has 9 heteroatoms. The molecule has 1 amide bonds. The van der Waals surface area contributed by atoms with Crippen LogP contribution in [0.25, 0.3) is 15.9 Å². The lowest BCUT2D eigenvalue weighted by Crippen LogP contribution is -2.24. The van der Waals surface area contributed by atoms with Gasteiger partial charge in [0.05, 0.1) is 22.5 Å². The number of hydrazone groups is 1. The predicted molar refractivity (Wildman–Crippen MR) is 141 cm³/mol. The fraction of sp³-hybridized carbons (Fsp3) is 0.231. The third-order valence-corrected chi connectivity index (χ3v) is 8.04. The number of rotatable bonds is 6. The van der Waals surface area contributed by atoms with Crippen LogP contribution in [0.15, 0.2) is 69.6 Å². The zero-order chi connectivity index (χ0) is 24.4. The first-order valence-electron chi connectivity index (χ1n) is 11.4. The Morgan fingerprint density at radius 3 is 2.77 bits per heavy atom. The van der Waals surface area contributed by atoms with E-state index >= 15 is 0 Å². The quantitative estimate of drug-likeness (QED) is 0.172. The van der Waals surface area contributed by atoms with Crippen LogP contribution in [0.2, 0.25) is 0 Å². The van der Waals surface area contributed by atoms with Gasteiger partial charge in [0.25, 0.3) is 11.5 Å². The number of aromatic nitrogens is 2. The summed E-state index contributed by atoms with van der Waals surface area (Å²) in [7, 11) is 0. The summed E-state index contributed by atoms with van der Waals surface area (Å²) in [6, 6.07) is 16.1. The number of benzene rings is 2. The number of carbonyl (C=O) groups excluding carboxylic acids is 1. The molecular weight excluding hydrogens is 480 g/mol. The van der Waals surface area contributed by atoms with Crippen LogP contribution in [-0.2, 0) is 17.6 Å². The Morgan fingerprint density at radius 1 is 1.17 bits per heavy atom. The first kappa shape index (κ1) is 23.3. The number of carbonyl (C=O) groups is 1. The number of nitrogens with one attached hydrogen (secondary N) is 1. The Morgan fingerprint density at radius 2 is 1.97 bits per heavy atom. The second-order valence-corrected chi connectivity index (χ2v) is 10.4. The van der Waals surface area contributed by atoms with Gasteiger partial charge >= 0.3 is 0 Å². The van der Waals surface area contributed by atoms with E-state index in [1.165, 1.54) is 16.6 Å². The van der Waals surface area contributed by atoms with Crippen LogP contribution >= 0.6 is 23.1 Å². The molecule has 0 unspecified atom stereocenters. The van der Waals surface area contributed by atoms with Crippen molar-refractivity contribution in [1.29, 1.82) is 0 Å². The van der Waals surface area contributed by atoms with E-state index in [0.717, 1.165) is 41.8 Å². The minimum Gasteiger partial charge on any atom is -0.508 e. The molecule has 2 aromatic heterocycles. The van der Waals surface area contributed by atoms with E-state index in [4.69, 9.17) is 4.98 Å². The van der Waals surface area contributed by atoms with Crippen LogP contribution in [0, 0.1) is 0 Å². The second kappa shape index (κ2) is 10.1. The largest absolute Gasteiger partial charge is 0.508 e. The van der Waals surface area contributed by atoms with Gasteiger partial charge in [-0.15, -0.1) is 11.3 Å². The predicted octanol–water partition coefficient (Wildman–Crippen LogP) is 4.66. The monoisotopic (exact) mass is 504 g/mol. The molecule has 1 aliphatic carbocycles. The first-order valence-corrected chi connectivity index (χ1v) is 13.2. The summed E-state index contributed by atoms with van der Waals surface area (Å²) in [6.07, 6.45) is 4.12. The second-order valence-electron chi connectivity index (χ2n) is 8.33. The van der Waals surface area contributed by atoms with E-state index in [9.17, 15) is 14.7 Å². The number of phenols is 1. The zero-order valence-electron chi connectivity index (χ0n) is 19.2. The van der Waals surface area contributed by atoms with E-state index in [2.05, 4.69) is 10.5 Å². The maximum atomic E-state index is 13.7. The highest BCUT2D eigenvalue weighted by Crippen LogP contribution is 2.35. The van der Waals surface area contributed by atoms with Gasteiger partial charge in [-0.05, 0) is 62.4 Å². The Labute approximate surface area is 210 Å². The molecular formula is C26H24N4O3S2. The molecule has 0 aliphatic heterocycles. The normalized spacial score (nSPS) is 13.6. The average molecular weight is 505 g/mol. The van der Waals surface area contributed by atoms with Crippen molar-refractivity contribution in [2.45, 2.75) is 37.8 Å². The highest BCUT2D eigenvalue weighted by atomic mass is 32.2. The number of thiophene rings is 1. The van der Waals surface area contributed by atoms with Crippen LogP contribution in [0.1, 0.15) is 35.8 Å². The summed E-state index contributed by atoms with van der Waals surface area (Å²) in [6.45, 7) is 1.75. The van der Waals surface area contributed by atoms with Gasteiger partial charge in [0, 0.05) is 10.4 Å². The molecule has 178 valence electrons. The number of hydrogen-bond donors (Lipinski definition) is 2. The third-order valence-electron chi connectivity index (χ3n) is 5.92. The molecule has 2 aromatic carbocycles. The molecule has 2 N–H and O–H groups in total. The van der Waals surface area contributed by atoms with Gasteiger partial charge in [-0.3, -0.25) is 14.2 Å². The van der Waals surface area contributed by atoms with Crippen molar-refractivity contribution in [1.82, 2.24) is 15.0 Å². The number of para-hydroxylation sites is 1. The number of fused-ring (bicyclic) bond motifs is 3. The standard InChI is InChI=1S/C26H24N4O3S2/c1-16(17-8-7-11-19(31)14-17)28-29-22(32)15-34-26-27-24-23(20-12-5-6-13-21(20)35-24)25(33)30(26)18-9-3-2-4-10-18/h2-4,7-11,14,31H,5-6,12-13,15H2,1H3,(H,29,32)/b28-16+. The summed E-state index contributed by atoms with van der Waals surface area (Å²) in [5.74, 6) is -0.129. The van der Waals surface area contributed by atoms with E-state index in [0.29, 0.717) is 21.8 Å². The van der Waals surface area contributed by atoms with Gasteiger partial charge in [0.15, 0.2) is 5.16 Å². The Kier molecular flexibility index (Phi) is 6.70. The number of amides is 1. The van der Waals surface area contributed by atoms with Crippen LogP contribution in [0.5, 0.6) is 5.75 Å². The van der Waals surface area contributed by atoms with Crippen LogP contribution in [0.3, 0.4) is 0 Å². The average Bonchev–Trinajstić information content (AvgIpc) is 3.25. The topological polar surface area (TPSA) is 96.6 Å². The number of aryl methyl sites for hydroxylation is 2. The number of nitrogens with zero attached hydrogens (tertiary/aromatic N) is 3. The van der Waals surface area contributed by atoms with Crippen LogP contribution in [0.4, 0.5) is 0 Å². The van der Waals surface area contributed by atoms with E-state index in [-0.39, 0.29) is 23.0 Å². The molecule has 0 atom stereocenters. The molecule has 0 radical (unpaired) electrons. The number of aromatic hydroxyl groups is 1. The zero-order valence-corrected chi connectivity index (χ0v) is 20.8. The molecule has 0 bridgehead atoms. The third kappa shape index (κ3) is 4.87. The summed E-state index contributed by atoms with van der Waals surface area (Å²) >= 11 is 2.81. The van der Waals surface area contributed by atoms with Crippen molar-refractivity contribution in [2.75, 3.05) is 5.75 Å². The Bertz CT molecular complexity index is 1490. The molecule has 0 spiro atoms. The molecule has 0 fully saturated rings. The molecule has 5 rings (SSSR count). The van der Waals surface area contributed by atoms with Gasteiger partial charge < -0.3 is 5.11 Å². The van der Waals surface area contributed by atoms with Crippen molar-refractivity contribution in [2.24, 2.45) is 5.10 Å². The molecule has 7 nitrogen and oxygen atoms in total. The molecule has 4 aromatic rings. The van der Waals surface area contributed by atoms with Gasteiger partial charge in [0.2, 0.25) is 0 Å². The Hall–Kier alpha value is -3.43. The Balaban J connectivity index is 1.43. The molecule has 2 heterocycles. The fourth-order valence-corrected chi connectivity index (χ4v) is 6.30. The van der Waals surface area contributed by atoms with Crippen molar-refractivity contribution >= 4 is 44.9 Å². The maximum Gasteiger partial charge on any atom is 0.267 e. The van der Waals surface area contributed by atoms with Crippen LogP contribution in [-0.4, -0.2) is 32.0 Å². The number of hydrogen-bond acceptors (Lipinski definition) is 7. The van der Waals surface area contributed by atoms with Crippen molar-refractivity contribution in [3.05, 3.63) is 81.0 Å².